The van der Waals surface area contributed by atoms with Crippen LogP contribution < -0.4 is 10.6 Å². The van der Waals surface area contributed by atoms with Gasteiger partial charge in [0.05, 0.1) is 30.1 Å². The summed E-state index contributed by atoms with van der Waals surface area (Å²) in [6, 6.07) is 9.50. The molecule has 1 atom stereocenters. The van der Waals surface area contributed by atoms with Crippen LogP contribution in [-0.4, -0.2) is 25.0 Å². The van der Waals surface area contributed by atoms with Gasteiger partial charge < -0.3 is 20.1 Å². The fraction of sp³-hybridized carbons (Fsp3) is 0.364. The summed E-state index contributed by atoms with van der Waals surface area (Å²) >= 11 is 6.53. The van der Waals surface area contributed by atoms with Crippen molar-refractivity contribution in [2.45, 2.75) is 38.0 Å². The number of benzene rings is 2. The first-order chi connectivity index (χ1) is 14.4. The Morgan fingerprint density at radius 3 is 2.40 bits per heavy atom. The minimum atomic E-state index is -1.53. The van der Waals surface area contributed by atoms with E-state index >= 15 is 0 Å². The highest BCUT2D eigenvalue weighted by Gasteiger charge is 2.46. The van der Waals surface area contributed by atoms with Crippen molar-refractivity contribution in [3.63, 3.8) is 0 Å². The Labute approximate surface area is 178 Å². The summed E-state index contributed by atoms with van der Waals surface area (Å²) in [5.74, 6) is -2.81. The summed E-state index contributed by atoms with van der Waals surface area (Å²) in [4.78, 5) is 24.4. The van der Waals surface area contributed by atoms with E-state index in [2.05, 4.69) is 10.6 Å². The lowest BCUT2D eigenvalue weighted by atomic mass is 9.95. The molecule has 1 saturated heterocycles. The van der Waals surface area contributed by atoms with Crippen molar-refractivity contribution in [3.05, 3.63) is 63.9 Å². The molecule has 0 saturated carbocycles. The zero-order valence-electron chi connectivity index (χ0n) is 16.5. The molecule has 2 aliphatic heterocycles. The van der Waals surface area contributed by atoms with E-state index in [-0.39, 0.29) is 31.2 Å². The van der Waals surface area contributed by atoms with Crippen molar-refractivity contribution < 1.29 is 23.5 Å². The van der Waals surface area contributed by atoms with E-state index in [9.17, 15) is 14.0 Å². The molecule has 0 radical (unpaired) electrons. The Morgan fingerprint density at radius 1 is 1.07 bits per heavy atom. The van der Waals surface area contributed by atoms with E-state index in [1.807, 2.05) is 6.92 Å². The van der Waals surface area contributed by atoms with Gasteiger partial charge in [0, 0.05) is 11.6 Å². The average molecular weight is 433 g/mol. The maximum atomic E-state index is 13.3. The third-order valence-electron chi connectivity index (χ3n) is 5.40. The number of nitrogens with one attached hydrogen (secondary N) is 2. The van der Waals surface area contributed by atoms with Gasteiger partial charge in [-0.3, -0.25) is 9.59 Å². The molecule has 0 amide bonds. The Morgan fingerprint density at radius 2 is 1.73 bits per heavy atom. The molecule has 8 heteroatoms. The van der Waals surface area contributed by atoms with E-state index in [0.717, 1.165) is 11.1 Å². The van der Waals surface area contributed by atoms with Crippen LogP contribution in [0.5, 0.6) is 0 Å². The lowest BCUT2D eigenvalue weighted by Gasteiger charge is -2.32. The quantitative estimate of drug-likeness (QED) is 0.718. The van der Waals surface area contributed by atoms with E-state index in [0.29, 0.717) is 29.2 Å². The van der Waals surface area contributed by atoms with Gasteiger partial charge in [0.2, 0.25) is 0 Å². The van der Waals surface area contributed by atoms with Gasteiger partial charge in [0.15, 0.2) is 0 Å². The molecule has 1 fully saturated rings. The molecule has 30 heavy (non-hydrogen) atoms. The number of fused-ring (bicyclic) bond motifs is 2. The highest BCUT2D eigenvalue weighted by Crippen LogP contribution is 2.41. The molecule has 158 valence electrons. The van der Waals surface area contributed by atoms with Crippen LogP contribution in [0, 0.1) is 5.82 Å². The third-order valence-corrected chi connectivity index (χ3v) is 5.72. The summed E-state index contributed by atoms with van der Waals surface area (Å²) in [7, 11) is 0. The molecule has 0 unspecified atom stereocenters. The molecule has 2 aromatic carbocycles. The van der Waals surface area contributed by atoms with Crippen molar-refractivity contribution in [3.8, 4) is 0 Å². The topological polar surface area (TPSA) is 76.7 Å². The molecule has 2 N–H and O–H groups in total. The minimum absolute atomic E-state index is 0.0176. The maximum Gasteiger partial charge on any atom is 0.309 e. The standard InChI is InChI=1S/C22H22ClFN2O4/c1-13(14-2-4-15(24)5-3-14)26-21-16-10-11-25-12-22(17(16)6-7-18(21)23)29-19(27)8-9-20(28)30-22/h2-7,13,25-26H,8-12H2,1H3/t13-/m1/s1. The number of anilines is 1. The van der Waals surface area contributed by atoms with Crippen LogP contribution in [0.25, 0.3) is 0 Å². The highest BCUT2D eigenvalue weighted by atomic mass is 35.5. The van der Waals surface area contributed by atoms with Gasteiger partial charge in [0.1, 0.15) is 5.82 Å². The smallest absolute Gasteiger partial charge is 0.309 e. The fourth-order valence-electron chi connectivity index (χ4n) is 3.88. The first kappa shape index (κ1) is 20.6. The van der Waals surface area contributed by atoms with E-state index in [1.54, 1.807) is 24.3 Å². The Bertz CT molecular complexity index is 962. The van der Waals surface area contributed by atoms with Crippen LogP contribution >= 0.6 is 11.6 Å². The normalized spacial score (nSPS) is 19.2. The number of carbonyl (C=O) groups is 2. The van der Waals surface area contributed by atoms with Gasteiger partial charge in [-0.15, -0.1) is 0 Å². The van der Waals surface area contributed by atoms with Crippen LogP contribution in [0.4, 0.5) is 10.1 Å². The van der Waals surface area contributed by atoms with Crippen LogP contribution in [-0.2, 0) is 31.3 Å². The second kappa shape index (κ2) is 8.24. The Balaban J connectivity index is 1.76. The van der Waals surface area contributed by atoms with Crippen molar-refractivity contribution in [2.75, 3.05) is 18.4 Å². The monoisotopic (exact) mass is 432 g/mol. The van der Waals surface area contributed by atoms with Crippen LogP contribution in [0.1, 0.15) is 42.5 Å². The highest BCUT2D eigenvalue weighted by molar-refractivity contribution is 6.33. The average Bonchev–Trinajstić information content (AvgIpc) is 2.97. The second-order valence-corrected chi connectivity index (χ2v) is 7.90. The van der Waals surface area contributed by atoms with Crippen LogP contribution in [0.3, 0.4) is 0 Å². The van der Waals surface area contributed by atoms with Gasteiger partial charge >= 0.3 is 11.9 Å². The number of ether oxygens (including phenoxy) is 2. The summed E-state index contributed by atoms with van der Waals surface area (Å²) < 4.78 is 24.6. The Kier molecular flexibility index (Phi) is 5.66. The number of hydrogen-bond donors (Lipinski definition) is 2. The summed E-state index contributed by atoms with van der Waals surface area (Å²) in [5, 5.41) is 7.08. The first-order valence-electron chi connectivity index (χ1n) is 9.86. The van der Waals surface area contributed by atoms with E-state index in [4.69, 9.17) is 21.1 Å². The largest absolute Gasteiger partial charge is 0.416 e. The van der Waals surface area contributed by atoms with Gasteiger partial charge in [-0.05, 0) is 55.3 Å². The molecule has 0 aliphatic carbocycles. The molecule has 0 bridgehead atoms. The number of carbonyl (C=O) groups excluding carboxylic acids is 2. The molecule has 2 aliphatic rings. The third kappa shape index (κ3) is 4.00. The zero-order chi connectivity index (χ0) is 21.3. The lowest BCUT2D eigenvalue weighted by Crippen LogP contribution is -2.43. The van der Waals surface area contributed by atoms with Gasteiger partial charge in [0.25, 0.3) is 5.79 Å². The summed E-state index contributed by atoms with van der Waals surface area (Å²) in [6.45, 7) is 2.69. The molecular formula is C22H22ClFN2O4. The predicted molar refractivity (Wildman–Crippen MR) is 110 cm³/mol. The van der Waals surface area contributed by atoms with Crippen molar-refractivity contribution in [1.29, 1.82) is 0 Å². The van der Waals surface area contributed by atoms with E-state index < -0.39 is 17.7 Å². The zero-order valence-corrected chi connectivity index (χ0v) is 17.2. The lowest BCUT2D eigenvalue weighted by molar-refractivity contribution is -0.225. The SMILES string of the molecule is C[C@@H](Nc1c(Cl)ccc2c1CCNCC21OC(=O)CCC(=O)O1)c1ccc(F)cc1. The van der Waals surface area contributed by atoms with Crippen LogP contribution in [0.15, 0.2) is 36.4 Å². The molecule has 0 aromatic heterocycles. The summed E-state index contributed by atoms with van der Waals surface area (Å²) in [6.07, 6.45) is 0.553. The van der Waals surface area contributed by atoms with Gasteiger partial charge in [-0.1, -0.05) is 23.7 Å². The predicted octanol–water partition coefficient (Wildman–Crippen LogP) is 3.83. The fourth-order valence-corrected chi connectivity index (χ4v) is 4.11. The number of halogens is 2. The molecule has 4 rings (SSSR count). The van der Waals surface area contributed by atoms with E-state index in [1.165, 1.54) is 12.1 Å². The van der Waals surface area contributed by atoms with Gasteiger partial charge in [-0.2, -0.15) is 0 Å². The molecule has 2 aromatic rings. The van der Waals surface area contributed by atoms with Gasteiger partial charge in [-0.25, -0.2) is 4.39 Å². The van der Waals surface area contributed by atoms with Crippen molar-refractivity contribution in [2.24, 2.45) is 0 Å². The second-order valence-electron chi connectivity index (χ2n) is 7.49. The first-order valence-corrected chi connectivity index (χ1v) is 10.2. The van der Waals surface area contributed by atoms with Crippen LogP contribution in [0.2, 0.25) is 5.02 Å². The number of rotatable bonds is 3. The van der Waals surface area contributed by atoms with Crippen molar-refractivity contribution >= 4 is 29.2 Å². The number of esters is 2. The molecule has 1 spiro atoms. The van der Waals surface area contributed by atoms with Crippen molar-refractivity contribution in [1.82, 2.24) is 5.32 Å². The maximum absolute atomic E-state index is 13.3. The Hall–Kier alpha value is -2.64. The summed E-state index contributed by atoms with van der Waals surface area (Å²) in [5.41, 5.74) is 2.96. The molecule has 6 nitrogen and oxygen atoms in total. The molecule has 2 heterocycles. The minimum Gasteiger partial charge on any atom is -0.416 e. The number of hydrogen-bond acceptors (Lipinski definition) is 6. The molecular weight excluding hydrogens is 411 g/mol.